The largest absolute Gasteiger partial charge is 0.504 e. The number of carbonyl (C=O) groups excluding carboxylic acids is 1. The van der Waals surface area contributed by atoms with Crippen LogP contribution >= 0.6 is 0 Å². The van der Waals surface area contributed by atoms with Crippen molar-refractivity contribution in [2.24, 2.45) is 5.92 Å². The average Bonchev–Trinajstić information content (AvgIpc) is 2.45. The van der Waals surface area contributed by atoms with E-state index < -0.39 is 23.5 Å². The Kier molecular flexibility index (Phi) is 5.79. The predicted molar refractivity (Wildman–Crippen MR) is 80.0 cm³/mol. The molecular weight excluding hydrogens is 288 g/mol. The van der Waals surface area contributed by atoms with Crippen molar-refractivity contribution < 1.29 is 29.3 Å². The van der Waals surface area contributed by atoms with E-state index in [2.05, 4.69) is 0 Å². The second kappa shape index (κ2) is 7.15. The topological polar surface area (TPSA) is 93.1 Å². The number of aliphatic carboxylic acids is 1. The third-order valence-electron chi connectivity index (χ3n) is 3.49. The van der Waals surface area contributed by atoms with Crippen LogP contribution in [0.15, 0.2) is 18.2 Å². The quantitative estimate of drug-likeness (QED) is 0.593. The van der Waals surface area contributed by atoms with Crippen LogP contribution in [0.1, 0.15) is 32.8 Å². The minimum atomic E-state index is -1.31. The number of aromatic hydroxyl groups is 1. The molecule has 0 spiro atoms. The number of methoxy groups -OCH3 is 1. The Balaban J connectivity index is 2.93. The molecule has 0 aliphatic carbocycles. The van der Waals surface area contributed by atoms with Gasteiger partial charge in [-0.1, -0.05) is 13.0 Å². The molecule has 22 heavy (non-hydrogen) atoms. The Bertz CT molecular complexity index is 550. The standard InChI is InChI=1S/C16H22O6/c1-5-16(2,3)22-15(20)11(14(18)19)8-10-6-7-12(17)13(9-10)21-4/h6-7,9,11,17H,5,8H2,1-4H3,(H,18,19). The van der Waals surface area contributed by atoms with Gasteiger partial charge in [0.2, 0.25) is 0 Å². The van der Waals surface area contributed by atoms with Gasteiger partial charge in [-0.3, -0.25) is 9.59 Å². The molecule has 6 nitrogen and oxygen atoms in total. The molecule has 0 bridgehead atoms. The van der Waals surface area contributed by atoms with Gasteiger partial charge in [-0.05, 0) is 44.4 Å². The SMILES string of the molecule is CCC(C)(C)OC(=O)C(Cc1ccc(O)c(OC)c1)C(=O)O. The number of ether oxygens (including phenoxy) is 2. The highest BCUT2D eigenvalue weighted by molar-refractivity contribution is 5.94. The summed E-state index contributed by atoms with van der Waals surface area (Å²) in [4.78, 5) is 23.5. The van der Waals surface area contributed by atoms with Gasteiger partial charge in [0, 0.05) is 0 Å². The number of carbonyl (C=O) groups is 2. The summed E-state index contributed by atoms with van der Waals surface area (Å²) in [6.07, 6.45) is 0.544. The van der Waals surface area contributed by atoms with Crippen LogP contribution in [-0.2, 0) is 20.7 Å². The lowest BCUT2D eigenvalue weighted by Gasteiger charge is -2.25. The van der Waals surface area contributed by atoms with Crippen LogP contribution in [0.4, 0.5) is 0 Å². The summed E-state index contributed by atoms with van der Waals surface area (Å²) < 4.78 is 10.2. The number of carboxylic acid groups (broad SMARTS) is 1. The number of benzene rings is 1. The molecule has 0 saturated carbocycles. The van der Waals surface area contributed by atoms with Gasteiger partial charge < -0.3 is 19.7 Å². The fourth-order valence-electron chi connectivity index (χ4n) is 1.77. The first-order valence-electron chi connectivity index (χ1n) is 7.01. The molecule has 1 aromatic rings. The molecule has 1 atom stereocenters. The zero-order valence-corrected chi connectivity index (χ0v) is 13.3. The average molecular weight is 310 g/mol. The lowest BCUT2D eigenvalue weighted by Crippen LogP contribution is -2.35. The van der Waals surface area contributed by atoms with Crippen molar-refractivity contribution in [3.8, 4) is 11.5 Å². The normalized spacial score (nSPS) is 12.5. The Morgan fingerprint density at radius 3 is 2.45 bits per heavy atom. The molecule has 1 rings (SSSR count). The van der Waals surface area contributed by atoms with Gasteiger partial charge in [-0.15, -0.1) is 0 Å². The summed E-state index contributed by atoms with van der Waals surface area (Å²) in [5.74, 6) is -3.15. The lowest BCUT2D eigenvalue weighted by molar-refractivity contribution is -0.168. The first kappa shape index (κ1) is 17.8. The molecule has 0 radical (unpaired) electrons. The number of phenolic OH excluding ortho intramolecular Hbond substituents is 1. The number of carboxylic acids is 1. The molecule has 1 unspecified atom stereocenters. The van der Waals surface area contributed by atoms with E-state index in [0.29, 0.717) is 12.0 Å². The van der Waals surface area contributed by atoms with E-state index in [1.165, 1.54) is 19.2 Å². The molecule has 1 aromatic carbocycles. The molecule has 0 aliphatic heterocycles. The minimum absolute atomic E-state index is 0.0371. The van der Waals surface area contributed by atoms with Crippen LogP contribution in [0.3, 0.4) is 0 Å². The van der Waals surface area contributed by atoms with Crippen molar-refractivity contribution in [3.05, 3.63) is 23.8 Å². The summed E-state index contributed by atoms with van der Waals surface area (Å²) in [5.41, 5.74) is -0.148. The minimum Gasteiger partial charge on any atom is -0.504 e. The predicted octanol–water partition coefficient (Wildman–Crippen LogP) is 2.38. The van der Waals surface area contributed by atoms with E-state index in [1.807, 2.05) is 6.92 Å². The number of phenols is 1. The van der Waals surface area contributed by atoms with Crippen LogP contribution in [0.25, 0.3) is 0 Å². The zero-order valence-electron chi connectivity index (χ0n) is 13.3. The molecule has 0 heterocycles. The van der Waals surface area contributed by atoms with Gasteiger partial charge in [0.15, 0.2) is 17.4 Å². The van der Waals surface area contributed by atoms with Crippen LogP contribution in [0, 0.1) is 5.92 Å². The fourth-order valence-corrected chi connectivity index (χ4v) is 1.77. The Morgan fingerprint density at radius 1 is 1.32 bits per heavy atom. The van der Waals surface area contributed by atoms with Gasteiger partial charge in [0.1, 0.15) is 5.60 Å². The lowest BCUT2D eigenvalue weighted by atomic mass is 9.98. The Hall–Kier alpha value is -2.24. The number of esters is 1. The molecule has 0 aliphatic rings. The first-order chi connectivity index (χ1) is 10.2. The van der Waals surface area contributed by atoms with Crippen molar-refractivity contribution in [2.75, 3.05) is 7.11 Å². The molecule has 0 aromatic heterocycles. The molecular formula is C16H22O6. The van der Waals surface area contributed by atoms with E-state index in [4.69, 9.17) is 9.47 Å². The van der Waals surface area contributed by atoms with Crippen molar-refractivity contribution in [1.82, 2.24) is 0 Å². The summed E-state index contributed by atoms with van der Waals surface area (Å²) in [5, 5.41) is 18.8. The monoisotopic (exact) mass is 310 g/mol. The maximum absolute atomic E-state index is 12.1. The van der Waals surface area contributed by atoms with Crippen LogP contribution in [0.5, 0.6) is 11.5 Å². The second-order valence-corrected chi connectivity index (χ2v) is 5.64. The maximum atomic E-state index is 12.1. The highest BCUT2D eigenvalue weighted by Crippen LogP contribution is 2.28. The molecule has 0 amide bonds. The van der Waals surface area contributed by atoms with E-state index >= 15 is 0 Å². The smallest absolute Gasteiger partial charge is 0.321 e. The first-order valence-corrected chi connectivity index (χ1v) is 7.01. The number of hydrogen-bond donors (Lipinski definition) is 2. The van der Waals surface area contributed by atoms with E-state index in [1.54, 1.807) is 19.9 Å². The molecule has 6 heteroatoms. The molecule has 122 valence electrons. The highest BCUT2D eigenvalue weighted by Gasteiger charge is 2.32. The molecule has 0 saturated heterocycles. The van der Waals surface area contributed by atoms with Crippen LogP contribution in [-0.4, -0.2) is 34.9 Å². The third-order valence-corrected chi connectivity index (χ3v) is 3.49. The van der Waals surface area contributed by atoms with Gasteiger partial charge in [0.05, 0.1) is 7.11 Å². The number of rotatable bonds is 7. The zero-order chi connectivity index (χ0) is 16.9. The van der Waals surface area contributed by atoms with Crippen molar-refractivity contribution in [3.63, 3.8) is 0 Å². The molecule has 0 fully saturated rings. The Morgan fingerprint density at radius 2 is 1.95 bits per heavy atom. The fraction of sp³-hybridized carbons (Fsp3) is 0.500. The van der Waals surface area contributed by atoms with Crippen molar-refractivity contribution >= 4 is 11.9 Å². The van der Waals surface area contributed by atoms with Gasteiger partial charge in [-0.2, -0.15) is 0 Å². The van der Waals surface area contributed by atoms with Gasteiger partial charge in [0.25, 0.3) is 0 Å². The summed E-state index contributed by atoms with van der Waals surface area (Å²) in [6.45, 7) is 5.31. The van der Waals surface area contributed by atoms with Crippen molar-refractivity contribution in [2.45, 2.75) is 39.2 Å². The summed E-state index contributed by atoms with van der Waals surface area (Å²) in [7, 11) is 1.39. The van der Waals surface area contributed by atoms with E-state index in [0.717, 1.165) is 0 Å². The van der Waals surface area contributed by atoms with Gasteiger partial charge >= 0.3 is 11.9 Å². The number of hydrogen-bond acceptors (Lipinski definition) is 5. The van der Waals surface area contributed by atoms with Crippen LogP contribution < -0.4 is 4.74 Å². The molecule has 2 N–H and O–H groups in total. The van der Waals surface area contributed by atoms with E-state index in [-0.39, 0.29) is 17.9 Å². The van der Waals surface area contributed by atoms with Crippen LogP contribution in [0.2, 0.25) is 0 Å². The maximum Gasteiger partial charge on any atom is 0.321 e. The van der Waals surface area contributed by atoms with Crippen molar-refractivity contribution in [1.29, 1.82) is 0 Å². The van der Waals surface area contributed by atoms with Gasteiger partial charge in [-0.25, -0.2) is 0 Å². The Labute approximate surface area is 129 Å². The third kappa shape index (κ3) is 4.65. The van der Waals surface area contributed by atoms with E-state index in [9.17, 15) is 19.8 Å². The summed E-state index contributed by atoms with van der Waals surface area (Å²) >= 11 is 0. The highest BCUT2D eigenvalue weighted by atomic mass is 16.6. The second-order valence-electron chi connectivity index (χ2n) is 5.64. The summed E-state index contributed by atoms with van der Waals surface area (Å²) in [6, 6.07) is 4.45.